The van der Waals surface area contributed by atoms with Crippen molar-refractivity contribution in [1.82, 2.24) is 4.98 Å². The zero-order chi connectivity index (χ0) is 24.8. The maximum atomic E-state index is 10.0. The molecule has 0 aliphatic rings. The number of aliphatic hydroxyl groups is 1. The molecule has 0 aliphatic carbocycles. The van der Waals surface area contributed by atoms with Crippen LogP contribution in [0.4, 0.5) is 0 Å². The third-order valence-corrected chi connectivity index (χ3v) is 6.47. The summed E-state index contributed by atoms with van der Waals surface area (Å²) in [5.41, 5.74) is 6.14. The van der Waals surface area contributed by atoms with Crippen LogP contribution in [0.15, 0.2) is 72.5 Å². The van der Waals surface area contributed by atoms with E-state index in [0.29, 0.717) is 11.8 Å². The van der Waals surface area contributed by atoms with E-state index in [9.17, 15) is 4.79 Å². The maximum Gasteiger partial charge on any atom is 0.155 e. The normalized spacial score (nSPS) is 11.3. The van der Waals surface area contributed by atoms with Crippen LogP contribution in [0.1, 0.15) is 64.5 Å². The number of carbonyl (C=O) groups excluding carboxylic acids is 1. The summed E-state index contributed by atoms with van der Waals surface area (Å²) in [6.45, 7) is 11.9. The van der Waals surface area contributed by atoms with E-state index in [1.54, 1.807) is 11.3 Å². The average Bonchev–Trinajstić information content (AvgIpc) is 3.22. The van der Waals surface area contributed by atoms with Crippen LogP contribution in [0.3, 0.4) is 0 Å². The van der Waals surface area contributed by atoms with Gasteiger partial charge in [-0.15, -0.1) is 47.2 Å². The summed E-state index contributed by atoms with van der Waals surface area (Å²) < 4.78 is 0. The Kier molecular flexibility index (Phi) is 10.6. The molecule has 2 aromatic heterocycles. The van der Waals surface area contributed by atoms with Crippen LogP contribution in [0, 0.1) is 6.07 Å². The number of hydrogen-bond donors (Lipinski definition) is 1. The molecule has 0 saturated carbocycles. The molecule has 2 aromatic carbocycles. The Balaban J connectivity index is 0.000000476. The quantitative estimate of drug-likeness (QED) is 0.132. The van der Waals surface area contributed by atoms with Gasteiger partial charge in [0.1, 0.15) is 4.83 Å². The molecule has 4 rings (SSSR count). The second-order valence-corrected chi connectivity index (χ2v) is 10.1. The zero-order valence-electron chi connectivity index (χ0n) is 21.0. The minimum atomic E-state index is -0.125. The van der Waals surface area contributed by atoms with Gasteiger partial charge >= 0.3 is 0 Å². The van der Waals surface area contributed by atoms with Gasteiger partial charge in [-0.3, -0.25) is 9.78 Å². The monoisotopic (exact) mass is 663 g/mol. The molecular weight excluding hydrogens is 631 g/mol. The van der Waals surface area contributed by atoms with E-state index < -0.39 is 0 Å². The molecule has 3 nitrogen and oxygen atoms in total. The fourth-order valence-corrected chi connectivity index (χ4v) is 4.56. The van der Waals surface area contributed by atoms with Crippen LogP contribution in [0.5, 0.6) is 0 Å². The van der Waals surface area contributed by atoms with Gasteiger partial charge in [-0.25, -0.2) is 0 Å². The van der Waals surface area contributed by atoms with Gasteiger partial charge in [0.2, 0.25) is 0 Å². The van der Waals surface area contributed by atoms with E-state index in [1.165, 1.54) is 46.9 Å². The molecule has 0 spiro atoms. The van der Waals surface area contributed by atoms with Gasteiger partial charge in [-0.05, 0) is 54.1 Å². The Labute approximate surface area is 226 Å². The van der Waals surface area contributed by atoms with Crippen molar-refractivity contribution in [3.05, 3.63) is 89.7 Å². The van der Waals surface area contributed by atoms with Crippen LogP contribution in [0.2, 0.25) is 0 Å². The fraction of sp³-hybridized carbons (Fsp3) is 0.267. The molecule has 0 bridgehead atoms. The molecule has 0 saturated heterocycles. The van der Waals surface area contributed by atoms with Crippen molar-refractivity contribution in [2.24, 2.45) is 0 Å². The van der Waals surface area contributed by atoms with E-state index >= 15 is 0 Å². The number of hydrogen-bond acceptors (Lipinski definition) is 4. The number of allylic oxidation sites excluding steroid dienone is 2. The predicted octanol–water partition coefficient (Wildman–Crippen LogP) is 8.71. The van der Waals surface area contributed by atoms with E-state index in [2.05, 4.69) is 76.2 Å². The third kappa shape index (κ3) is 7.96. The van der Waals surface area contributed by atoms with Crippen molar-refractivity contribution in [2.75, 3.05) is 0 Å². The number of carbonyl (C=O) groups is 1. The molecule has 0 fully saturated rings. The number of benzene rings is 2. The van der Waals surface area contributed by atoms with E-state index in [4.69, 9.17) is 10.1 Å². The van der Waals surface area contributed by atoms with Crippen molar-refractivity contribution >= 4 is 27.3 Å². The van der Waals surface area contributed by atoms with Crippen LogP contribution < -0.4 is 0 Å². The molecule has 1 radical (unpaired) electrons. The predicted molar refractivity (Wildman–Crippen MR) is 145 cm³/mol. The number of aromatic nitrogens is 1. The van der Waals surface area contributed by atoms with Crippen LogP contribution in [0.25, 0.3) is 31.9 Å². The largest absolute Gasteiger partial charge is 0.512 e. The first-order valence-corrected chi connectivity index (χ1v) is 12.4. The number of thiophene rings is 1. The van der Waals surface area contributed by atoms with Crippen LogP contribution in [-0.2, 0) is 24.9 Å². The standard InChI is InChI=1S/C25H24NS.C5H8O2.Ir/c1-16(2)20-12-21(17(3)4)14-22(13-20)24-15-19-10-11-23(26-25(19)27-24)18-8-6-5-7-9-18;1-4(6)3-5(2)7;/h5-8,10-17H,1-4H3;3,6H,1-2H3;/q-1;;/b;4-3-;. The topological polar surface area (TPSA) is 50.2 Å². The summed E-state index contributed by atoms with van der Waals surface area (Å²) >= 11 is 1.78. The van der Waals surface area contributed by atoms with Gasteiger partial charge in [0.05, 0.1) is 5.76 Å². The van der Waals surface area contributed by atoms with Crippen LogP contribution >= 0.6 is 11.3 Å². The van der Waals surface area contributed by atoms with Crippen molar-refractivity contribution in [1.29, 1.82) is 0 Å². The maximum absolute atomic E-state index is 10.0. The van der Waals surface area contributed by atoms with Crippen molar-refractivity contribution < 1.29 is 30.0 Å². The van der Waals surface area contributed by atoms with Crippen LogP contribution in [-0.4, -0.2) is 15.9 Å². The smallest absolute Gasteiger partial charge is 0.155 e. The molecule has 0 atom stereocenters. The molecule has 0 aliphatic heterocycles. The first-order valence-electron chi connectivity index (χ1n) is 11.5. The zero-order valence-corrected chi connectivity index (χ0v) is 24.3. The van der Waals surface area contributed by atoms with Gasteiger partial charge in [-0.1, -0.05) is 58.0 Å². The summed E-state index contributed by atoms with van der Waals surface area (Å²) in [7, 11) is 0. The molecule has 0 unspecified atom stereocenters. The van der Waals surface area contributed by atoms with E-state index in [1.807, 2.05) is 18.2 Å². The first-order chi connectivity index (χ1) is 16.1. The molecule has 1 N–H and O–H groups in total. The molecule has 35 heavy (non-hydrogen) atoms. The minimum absolute atomic E-state index is 0. The van der Waals surface area contributed by atoms with Gasteiger partial charge in [-0.2, -0.15) is 0 Å². The van der Waals surface area contributed by atoms with Gasteiger partial charge in [0.15, 0.2) is 5.78 Å². The molecule has 2 heterocycles. The molecular formula is C30H32IrNO2S-. The fourth-order valence-electron chi connectivity index (χ4n) is 3.54. The van der Waals surface area contributed by atoms with E-state index in [0.717, 1.165) is 16.1 Å². The summed E-state index contributed by atoms with van der Waals surface area (Å²) in [5.74, 6) is 0.984. The number of rotatable bonds is 5. The Morgan fingerprint density at radius 3 is 2.11 bits per heavy atom. The summed E-state index contributed by atoms with van der Waals surface area (Å²) in [4.78, 5) is 17.3. The second kappa shape index (κ2) is 12.9. The van der Waals surface area contributed by atoms with Crippen molar-refractivity contribution in [3.8, 4) is 21.7 Å². The summed E-state index contributed by atoms with van der Waals surface area (Å²) in [5, 5.41) is 9.57. The number of ketones is 1. The number of fused-ring (bicyclic) bond motifs is 1. The summed E-state index contributed by atoms with van der Waals surface area (Å²) in [6.07, 6.45) is 1.17. The number of nitrogens with zero attached hydrogens (tertiary/aromatic N) is 1. The molecule has 0 amide bonds. The summed E-state index contributed by atoms with van der Waals surface area (Å²) in [6, 6.07) is 24.9. The third-order valence-electron chi connectivity index (χ3n) is 5.38. The SMILES string of the molecule is CC(=O)/C=C(/C)O.CC(C)c1cc(-c2cc3ccc(-c4[c-]cccc4)nc3s2)cc(C(C)C)c1.[Ir]. The molecule has 5 heteroatoms. The molecule has 185 valence electrons. The Bertz CT molecular complexity index is 1280. The number of pyridine rings is 1. The van der Waals surface area contributed by atoms with E-state index in [-0.39, 0.29) is 31.6 Å². The Morgan fingerprint density at radius 2 is 1.63 bits per heavy atom. The second-order valence-electron chi connectivity index (χ2n) is 9.07. The van der Waals surface area contributed by atoms with Gasteiger partial charge in [0.25, 0.3) is 0 Å². The minimum Gasteiger partial charge on any atom is -0.512 e. The van der Waals surface area contributed by atoms with Gasteiger partial charge < -0.3 is 5.11 Å². The molecule has 4 aromatic rings. The average molecular weight is 663 g/mol. The van der Waals surface area contributed by atoms with Gasteiger partial charge in [0, 0.05) is 36.4 Å². The number of aliphatic hydroxyl groups excluding tert-OH is 1. The Morgan fingerprint density at radius 1 is 0.971 bits per heavy atom. The van der Waals surface area contributed by atoms with Crippen molar-refractivity contribution in [3.63, 3.8) is 0 Å². The van der Waals surface area contributed by atoms with Crippen molar-refractivity contribution in [2.45, 2.75) is 53.4 Å². The first kappa shape index (κ1) is 28.6. The Hall–Kier alpha value is -2.59.